The maximum Gasteiger partial charge on any atom is 0.309 e. The van der Waals surface area contributed by atoms with E-state index in [0.29, 0.717) is 43.7 Å². The van der Waals surface area contributed by atoms with E-state index in [1.54, 1.807) is 73.5 Å². The summed E-state index contributed by atoms with van der Waals surface area (Å²) in [4.78, 5) is 40.5. The van der Waals surface area contributed by atoms with Crippen LogP contribution in [0, 0.1) is 5.92 Å². The normalized spacial score (nSPS) is 14.5. The fourth-order valence-electron chi connectivity index (χ4n) is 3.89. The van der Waals surface area contributed by atoms with Crippen LogP contribution in [0.25, 0.3) is 0 Å². The number of hydrogen-bond donors (Lipinski definition) is 0. The zero-order valence-electron chi connectivity index (χ0n) is 19.5. The van der Waals surface area contributed by atoms with E-state index in [1.807, 2.05) is 0 Å². The molecular weight excluding hydrogens is 456 g/mol. The number of ether oxygens (including phenoxy) is 1. The number of carbonyl (C=O) groups excluding carboxylic acids is 3. The summed E-state index contributed by atoms with van der Waals surface area (Å²) >= 11 is 0. The molecule has 0 unspecified atom stereocenters. The van der Waals surface area contributed by atoms with Gasteiger partial charge >= 0.3 is 5.97 Å². The first-order valence-electron chi connectivity index (χ1n) is 11.3. The van der Waals surface area contributed by atoms with Crippen molar-refractivity contribution in [2.75, 3.05) is 33.3 Å². The average Bonchev–Trinajstić information content (AvgIpc) is 2.84. The predicted molar refractivity (Wildman–Crippen MR) is 127 cm³/mol. The van der Waals surface area contributed by atoms with Gasteiger partial charge in [-0.25, -0.2) is 8.42 Å². The number of likely N-dealkylation sites (N-methyl/N-ethyl adjacent to an activating group) is 1. The van der Waals surface area contributed by atoms with Crippen LogP contribution in [0.3, 0.4) is 0 Å². The molecule has 9 heteroatoms. The number of esters is 1. The summed E-state index contributed by atoms with van der Waals surface area (Å²) < 4.78 is 30.1. The summed E-state index contributed by atoms with van der Waals surface area (Å²) in [5.74, 6) is -1.08. The molecule has 3 rings (SSSR count). The first kappa shape index (κ1) is 25.4. The smallest absolute Gasteiger partial charge is 0.309 e. The quantitative estimate of drug-likeness (QED) is 0.532. The highest BCUT2D eigenvalue weighted by Gasteiger charge is 2.29. The predicted octanol–water partition coefficient (Wildman–Crippen LogP) is 2.53. The molecule has 0 spiro atoms. The highest BCUT2D eigenvalue weighted by atomic mass is 32.2. The van der Waals surface area contributed by atoms with Crippen LogP contribution in [-0.2, 0) is 29.9 Å². The SMILES string of the molecule is CCOC(=O)C1CCN(C(=O)CN(C)C(=O)c2ccc(CS(=O)(=O)c3ccccc3)cc2)CC1. The average molecular weight is 487 g/mol. The highest BCUT2D eigenvalue weighted by molar-refractivity contribution is 7.90. The molecule has 0 aliphatic carbocycles. The van der Waals surface area contributed by atoms with Crippen molar-refractivity contribution in [2.24, 2.45) is 5.92 Å². The van der Waals surface area contributed by atoms with Crippen molar-refractivity contribution in [3.8, 4) is 0 Å². The van der Waals surface area contributed by atoms with Gasteiger partial charge in [-0.15, -0.1) is 0 Å². The van der Waals surface area contributed by atoms with Gasteiger partial charge in [0.05, 0.1) is 29.7 Å². The first-order chi connectivity index (χ1) is 16.2. The fraction of sp³-hybridized carbons (Fsp3) is 0.400. The van der Waals surface area contributed by atoms with Gasteiger partial charge in [-0.3, -0.25) is 14.4 Å². The van der Waals surface area contributed by atoms with Gasteiger partial charge in [-0.1, -0.05) is 30.3 Å². The number of nitrogens with zero attached hydrogens (tertiary/aromatic N) is 2. The standard InChI is InChI=1S/C25H30N2O6S/c1-3-33-25(30)21-13-15-27(16-14-21)23(28)17-26(2)24(29)20-11-9-19(10-12-20)18-34(31,32)22-7-5-4-6-8-22/h4-12,21H,3,13-18H2,1-2H3. The number of piperidine rings is 1. The van der Waals surface area contributed by atoms with Crippen molar-refractivity contribution in [3.63, 3.8) is 0 Å². The molecule has 2 aromatic rings. The molecule has 1 saturated heterocycles. The van der Waals surface area contributed by atoms with Gasteiger partial charge in [-0.2, -0.15) is 0 Å². The van der Waals surface area contributed by atoms with Gasteiger partial charge in [0.25, 0.3) is 5.91 Å². The molecule has 0 N–H and O–H groups in total. The van der Waals surface area contributed by atoms with Gasteiger partial charge in [0.2, 0.25) is 5.91 Å². The third-order valence-corrected chi connectivity index (χ3v) is 7.55. The highest BCUT2D eigenvalue weighted by Crippen LogP contribution is 2.20. The van der Waals surface area contributed by atoms with Crippen LogP contribution in [0.5, 0.6) is 0 Å². The van der Waals surface area contributed by atoms with Crippen molar-refractivity contribution < 1.29 is 27.5 Å². The summed E-state index contributed by atoms with van der Waals surface area (Å²) in [6.45, 7) is 2.94. The Hall–Kier alpha value is -3.20. The van der Waals surface area contributed by atoms with Crippen molar-refractivity contribution in [3.05, 3.63) is 65.7 Å². The second-order valence-corrected chi connectivity index (χ2v) is 10.3. The van der Waals surface area contributed by atoms with Gasteiger partial charge in [0.1, 0.15) is 0 Å². The van der Waals surface area contributed by atoms with Gasteiger partial charge < -0.3 is 14.5 Å². The van der Waals surface area contributed by atoms with Crippen molar-refractivity contribution in [2.45, 2.75) is 30.4 Å². The lowest BCUT2D eigenvalue weighted by Crippen LogP contribution is -2.45. The molecule has 2 amide bonds. The molecular formula is C25H30N2O6S. The van der Waals surface area contributed by atoms with Crippen LogP contribution < -0.4 is 0 Å². The minimum Gasteiger partial charge on any atom is -0.466 e. The number of hydrogen-bond acceptors (Lipinski definition) is 6. The lowest BCUT2D eigenvalue weighted by molar-refractivity contribution is -0.151. The molecule has 1 heterocycles. The molecule has 2 aromatic carbocycles. The second-order valence-electron chi connectivity index (χ2n) is 8.34. The number of carbonyl (C=O) groups is 3. The second kappa shape index (κ2) is 11.3. The van der Waals surface area contributed by atoms with Gasteiger partial charge in [0.15, 0.2) is 9.84 Å². The molecule has 0 saturated carbocycles. The van der Waals surface area contributed by atoms with Crippen LogP contribution in [0.1, 0.15) is 35.7 Å². The van der Waals surface area contributed by atoms with Gasteiger partial charge in [-0.05, 0) is 49.6 Å². The van der Waals surface area contributed by atoms with E-state index in [-0.39, 0.29) is 40.9 Å². The summed E-state index contributed by atoms with van der Waals surface area (Å²) in [7, 11) is -1.92. The third kappa shape index (κ3) is 6.44. The van der Waals surface area contributed by atoms with Crippen LogP contribution in [0.4, 0.5) is 0 Å². The Morgan fingerprint density at radius 3 is 2.21 bits per heavy atom. The maximum absolute atomic E-state index is 12.8. The summed E-state index contributed by atoms with van der Waals surface area (Å²) in [5, 5.41) is 0. The van der Waals surface area contributed by atoms with E-state index in [9.17, 15) is 22.8 Å². The maximum atomic E-state index is 12.8. The van der Waals surface area contributed by atoms with E-state index in [0.717, 1.165) is 0 Å². The number of sulfone groups is 1. The Morgan fingerprint density at radius 2 is 1.62 bits per heavy atom. The molecule has 1 aliphatic heterocycles. The van der Waals surface area contributed by atoms with E-state index >= 15 is 0 Å². The monoisotopic (exact) mass is 486 g/mol. The Kier molecular flexibility index (Phi) is 8.44. The van der Waals surface area contributed by atoms with E-state index in [4.69, 9.17) is 4.74 Å². The van der Waals surface area contributed by atoms with Crippen LogP contribution in [0.2, 0.25) is 0 Å². The van der Waals surface area contributed by atoms with Crippen molar-refractivity contribution >= 4 is 27.6 Å². The van der Waals surface area contributed by atoms with E-state index in [1.165, 1.54) is 4.90 Å². The zero-order chi connectivity index (χ0) is 24.7. The minimum atomic E-state index is -3.48. The molecule has 0 aromatic heterocycles. The Bertz CT molecular complexity index is 1110. The van der Waals surface area contributed by atoms with Crippen LogP contribution in [0.15, 0.2) is 59.5 Å². The molecule has 182 valence electrons. The topological polar surface area (TPSA) is 101 Å². The Balaban J connectivity index is 1.53. The minimum absolute atomic E-state index is 0.0763. The molecule has 0 radical (unpaired) electrons. The number of amides is 2. The number of benzene rings is 2. The molecule has 0 bridgehead atoms. The Morgan fingerprint density at radius 1 is 1.00 bits per heavy atom. The van der Waals surface area contributed by atoms with Gasteiger partial charge in [0, 0.05) is 25.7 Å². The largest absolute Gasteiger partial charge is 0.466 e. The lowest BCUT2D eigenvalue weighted by atomic mass is 9.97. The van der Waals surface area contributed by atoms with Crippen molar-refractivity contribution in [1.82, 2.24) is 9.80 Å². The lowest BCUT2D eigenvalue weighted by Gasteiger charge is -2.32. The van der Waals surface area contributed by atoms with Crippen LogP contribution in [-0.4, -0.2) is 69.3 Å². The van der Waals surface area contributed by atoms with E-state index in [2.05, 4.69) is 0 Å². The summed E-state index contributed by atoms with van der Waals surface area (Å²) in [5.41, 5.74) is 0.945. The number of rotatable bonds is 8. The third-order valence-electron chi connectivity index (χ3n) is 5.85. The van der Waals surface area contributed by atoms with Crippen LogP contribution >= 0.6 is 0 Å². The number of likely N-dealkylation sites (tertiary alicyclic amines) is 1. The first-order valence-corrected chi connectivity index (χ1v) is 12.9. The van der Waals surface area contributed by atoms with Crippen molar-refractivity contribution in [1.29, 1.82) is 0 Å². The molecule has 8 nitrogen and oxygen atoms in total. The van der Waals surface area contributed by atoms with E-state index < -0.39 is 9.84 Å². The summed E-state index contributed by atoms with van der Waals surface area (Å²) in [6.07, 6.45) is 1.10. The molecule has 0 atom stereocenters. The zero-order valence-corrected chi connectivity index (χ0v) is 20.3. The molecule has 1 aliphatic rings. The summed E-state index contributed by atoms with van der Waals surface area (Å²) in [6, 6.07) is 14.6. The molecule has 34 heavy (non-hydrogen) atoms. The fourth-order valence-corrected chi connectivity index (χ4v) is 5.26. The molecule has 1 fully saturated rings. The Labute approximate surface area is 200 Å².